The third kappa shape index (κ3) is 2.33. The van der Waals surface area contributed by atoms with Crippen LogP contribution < -0.4 is 0 Å². The first kappa shape index (κ1) is 12.1. The number of aliphatic hydroxyl groups is 2. The van der Waals surface area contributed by atoms with Gasteiger partial charge in [0.25, 0.3) is 0 Å². The van der Waals surface area contributed by atoms with Gasteiger partial charge in [0, 0.05) is 13.5 Å². The maximum Gasteiger partial charge on any atom is 0.112 e. The van der Waals surface area contributed by atoms with E-state index >= 15 is 0 Å². The van der Waals surface area contributed by atoms with E-state index in [0.29, 0.717) is 6.42 Å². The van der Waals surface area contributed by atoms with Crippen molar-refractivity contribution >= 4 is 11.0 Å². The van der Waals surface area contributed by atoms with Gasteiger partial charge in [-0.1, -0.05) is 12.1 Å². The molecule has 0 aliphatic heterocycles. The summed E-state index contributed by atoms with van der Waals surface area (Å²) >= 11 is 0. The summed E-state index contributed by atoms with van der Waals surface area (Å²) in [6.07, 6.45) is -0.479. The van der Waals surface area contributed by atoms with Crippen molar-refractivity contribution in [1.82, 2.24) is 9.55 Å². The fourth-order valence-electron chi connectivity index (χ4n) is 1.80. The van der Waals surface area contributed by atoms with Crippen LogP contribution in [0.4, 0.5) is 0 Å². The molecule has 0 bridgehead atoms. The molecule has 0 radical (unpaired) electrons. The molecule has 2 N–H and O–H groups in total. The average molecular weight is 234 g/mol. The lowest BCUT2D eigenvalue weighted by molar-refractivity contribution is -0.0480. The summed E-state index contributed by atoms with van der Waals surface area (Å²) in [4.78, 5) is 4.46. The molecule has 0 aliphatic rings. The first-order valence-corrected chi connectivity index (χ1v) is 5.70. The van der Waals surface area contributed by atoms with E-state index in [4.69, 9.17) is 0 Å². The predicted octanol–water partition coefficient (Wildman–Crippen LogP) is 1.25. The van der Waals surface area contributed by atoms with Crippen LogP contribution in [0, 0.1) is 0 Å². The topological polar surface area (TPSA) is 58.3 Å². The Bertz CT molecular complexity index is 526. The minimum absolute atomic E-state index is 0.342. The second kappa shape index (κ2) is 4.13. The Kier molecular flexibility index (Phi) is 2.93. The molecule has 17 heavy (non-hydrogen) atoms. The Balaban J connectivity index is 2.34. The van der Waals surface area contributed by atoms with E-state index in [9.17, 15) is 10.2 Å². The number of fused-ring (bicyclic) bond motifs is 1. The molecular formula is C13H18N2O2. The van der Waals surface area contributed by atoms with Crippen molar-refractivity contribution in [2.45, 2.75) is 32.0 Å². The van der Waals surface area contributed by atoms with E-state index in [2.05, 4.69) is 4.98 Å². The normalized spacial score (nSPS) is 14.2. The van der Waals surface area contributed by atoms with Crippen molar-refractivity contribution in [3.05, 3.63) is 30.1 Å². The van der Waals surface area contributed by atoms with Crippen LogP contribution in [0.15, 0.2) is 24.3 Å². The zero-order valence-corrected chi connectivity index (χ0v) is 10.4. The van der Waals surface area contributed by atoms with Crippen LogP contribution in [-0.4, -0.2) is 31.5 Å². The van der Waals surface area contributed by atoms with Gasteiger partial charge >= 0.3 is 0 Å². The molecule has 0 saturated heterocycles. The fourth-order valence-corrected chi connectivity index (χ4v) is 1.80. The van der Waals surface area contributed by atoms with Crippen LogP contribution in [0.5, 0.6) is 0 Å². The second-order valence-electron chi connectivity index (χ2n) is 4.95. The Hall–Kier alpha value is -1.39. The van der Waals surface area contributed by atoms with Gasteiger partial charge < -0.3 is 14.8 Å². The molecule has 0 amide bonds. The van der Waals surface area contributed by atoms with E-state index in [-0.39, 0.29) is 0 Å². The molecular weight excluding hydrogens is 216 g/mol. The lowest BCUT2D eigenvalue weighted by Gasteiger charge is -2.24. The van der Waals surface area contributed by atoms with Gasteiger partial charge in [-0.25, -0.2) is 4.98 Å². The van der Waals surface area contributed by atoms with Gasteiger partial charge in [-0.15, -0.1) is 0 Å². The van der Waals surface area contributed by atoms with Crippen LogP contribution in [0.1, 0.15) is 19.7 Å². The van der Waals surface area contributed by atoms with Crippen molar-refractivity contribution in [1.29, 1.82) is 0 Å². The lowest BCUT2D eigenvalue weighted by atomic mass is 9.99. The summed E-state index contributed by atoms with van der Waals surface area (Å²) < 4.78 is 1.95. The summed E-state index contributed by atoms with van der Waals surface area (Å²) in [5.41, 5.74) is 0.830. The second-order valence-corrected chi connectivity index (χ2v) is 4.95. The largest absolute Gasteiger partial charge is 0.390 e. The number of benzene rings is 1. The van der Waals surface area contributed by atoms with Crippen molar-refractivity contribution in [3.63, 3.8) is 0 Å². The van der Waals surface area contributed by atoms with Gasteiger partial charge in [-0.3, -0.25) is 0 Å². The Morgan fingerprint density at radius 1 is 1.35 bits per heavy atom. The molecule has 1 unspecified atom stereocenters. The number of imidazole rings is 1. The highest BCUT2D eigenvalue weighted by molar-refractivity contribution is 5.75. The van der Waals surface area contributed by atoms with E-state index in [1.165, 1.54) is 0 Å². The molecule has 1 aromatic carbocycles. The third-order valence-electron chi connectivity index (χ3n) is 3.07. The maximum absolute atomic E-state index is 9.89. The van der Waals surface area contributed by atoms with Crippen LogP contribution >= 0.6 is 0 Å². The summed E-state index contributed by atoms with van der Waals surface area (Å²) in [6, 6.07) is 7.82. The molecule has 2 rings (SSSR count). The SMILES string of the molecule is Cn1c(CC(O)C(C)(C)O)nc2ccccc21. The molecule has 4 heteroatoms. The summed E-state index contributed by atoms with van der Waals surface area (Å²) in [5, 5.41) is 19.6. The van der Waals surface area contributed by atoms with Gasteiger partial charge in [0.05, 0.1) is 22.7 Å². The molecule has 1 aromatic heterocycles. The number of rotatable bonds is 3. The van der Waals surface area contributed by atoms with Gasteiger partial charge in [-0.2, -0.15) is 0 Å². The van der Waals surface area contributed by atoms with Gasteiger partial charge in [-0.05, 0) is 26.0 Å². The monoisotopic (exact) mass is 234 g/mol. The number of aryl methyl sites for hydroxylation is 1. The number of para-hydroxylation sites is 2. The van der Waals surface area contributed by atoms with E-state index in [1.54, 1.807) is 13.8 Å². The summed E-state index contributed by atoms with van der Waals surface area (Å²) in [5.74, 6) is 0.779. The number of aliphatic hydroxyl groups excluding tert-OH is 1. The van der Waals surface area contributed by atoms with Crippen molar-refractivity contribution in [2.75, 3.05) is 0 Å². The predicted molar refractivity (Wildman–Crippen MR) is 66.7 cm³/mol. The van der Waals surface area contributed by atoms with Gasteiger partial charge in [0.1, 0.15) is 5.82 Å². The van der Waals surface area contributed by atoms with Crippen molar-refractivity contribution in [3.8, 4) is 0 Å². The highest BCUT2D eigenvalue weighted by Crippen LogP contribution is 2.18. The molecule has 4 nitrogen and oxygen atoms in total. The molecule has 92 valence electrons. The quantitative estimate of drug-likeness (QED) is 0.840. The first-order chi connectivity index (χ1) is 7.89. The zero-order valence-electron chi connectivity index (χ0n) is 10.4. The minimum Gasteiger partial charge on any atom is -0.390 e. The van der Waals surface area contributed by atoms with Crippen molar-refractivity contribution < 1.29 is 10.2 Å². The average Bonchev–Trinajstić information content (AvgIpc) is 2.55. The van der Waals surface area contributed by atoms with Gasteiger partial charge in [0.2, 0.25) is 0 Å². The number of nitrogens with zero attached hydrogens (tertiary/aromatic N) is 2. The molecule has 0 saturated carbocycles. The first-order valence-electron chi connectivity index (χ1n) is 5.70. The molecule has 0 fully saturated rings. The van der Waals surface area contributed by atoms with E-state index in [0.717, 1.165) is 16.9 Å². The van der Waals surface area contributed by atoms with Crippen LogP contribution in [0.25, 0.3) is 11.0 Å². The highest BCUT2D eigenvalue weighted by Gasteiger charge is 2.26. The maximum atomic E-state index is 9.89. The Labute approximate surface area is 101 Å². The number of aromatic nitrogens is 2. The molecule has 0 aliphatic carbocycles. The Morgan fingerprint density at radius 3 is 2.59 bits per heavy atom. The molecule has 0 spiro atoms. The highest BCUT2D eigenvalue weighted by atomic mass is 16.3. The molecule has 2 aromatic rings. The van der Waals surface area contributed by atoms with E-state index in [1.807, 2.05) is 35.9 Å². The minimum atomic E-state index is -1.11. The zero-order chi connectivity index (χ0) is 12.6. The Morgan fingerprint density at radius 2 is 2.00 bits per heavy atom. The molecule has 1 atom stereocenters. The smallest absolute Gasteiger partial charge is 0.112 e. The molecule has 1 heterocycles. The van der Waals surface area contributed by atoms with Crippen LogP contribution in [0.2, 0.25) is 0 Å². The number of hydrogen-bond donors (Lipinski definition) is 2. The van der Waals surface area contributed by atoms with Crippen LogP contribution in [-0.2, 0) is 13.5 Å². The van der Waals surface area contributed by atoms with E-state index < -0.39 is 11.7 Å². The number of hydrogen-bond acceptors (Lipinski definition) is 3. The van der Waals surface area contributed by atoms with Gasteiger partial charge in [0.15, 0.2) is 0 Å². The fraction of sp³-hybridized carbons (Fsp3) is 0.462. The van der Waals surface area contributed by atoms with Crippen molar-refractivity contribution in [2.24, 2.45) is 7.05 Å². The third-order valence-corrected chi connectivity index (χ3v) is 3.07. The van der Waals surface area contributed by atoms with Crippen LogP contribution in [0.3, 0.4) is 0 Å². The summed E-state index contributed by atoms with van der Waals surface area (Å²) in [7, 11) is 1.92. The lowest BCUT2D eigenvalue weighted by Crippen LogP contribution is -2.38. The summed E-state index contributed by atoms with van der Waals surface area (Å²) in [6.45, 7) is 3.20. The standard InChI is InChI=1S/C13H18N2O2/c1-13(2,17)11(16)8-12-14-9-6-4-5-7-10(9)15(12)3/h4-7,11,16-17H,8H2,1-3H3.